The third-order valence-corrected chi connectivity index (χ3v) is 5.15. The second kappa shape index (κ2) is 6.27. The quantitative estimate of drug-likeness (QED) is 0.759. The molecule has 0 aromatic rings. The molecule has 0 aliphatic carbocycles. The van der Waals surface area contributed by atoms with Crippen molar-refractivity contribution >= 4 is 10.8 Å². The average Bonchev–Trinajstić information content (AvgIpc) is 2.24. The summed E-state index contributed by atoms with van der Waals surface area (Å²) in [4.78, 5) is 2.41. The van der Waals surface area contributed by atoms with E-state index in [9.17, 15) is 4.21 Å². The summed E-state index contributed by atoms with van der Waals surface area (Å²) in [5.41, 5.74) is 0. The molecule has 2 fully saturated rings. The van der Waals surface area contributed by atoms with Crippen LogP contribution in [0, 0.1) is 5.92 Å². The summed E-state index contributed by atoms with van der Waals surface area (Å²) in [6.45, 7) is 9.22. The van der Waals surface area contributed by atoms with Crippen molar-refractivity contribution in [1.29, 1.82) is 0 Å². The molecule has 2 atom stereocenters. The minimum Gasteiger partial charge on any atom is -0.375 e. The van der Waals surface area contributed by atoms with E-state index < -0.39 is 10.8 Å². The van der Waals surface area contributed by atoms with Gasteiger partial charge in [-0.1, -0.05) is 0 Å². The Labute approximate surface area is 107 Å². The van der Waals surface area contributed by atoms with Crippen LogP contribution in [0.1, 0.15) is 13.8 Å². The third-order valence-electron chi connectivity index (χ3n) is 3.56. The Morgan fingerprint density at radius 2 is 2.18 bits per heavy atom. The first-order chi connectivity index (χ1) is 8.15. The van der Waals surface area contributed by atoms with Gasteiger partial charge in [-0.05, 0) is 19.8 Å². The lowest BCUT2D eigenvalue weighted by Crippen LogP contribution is -2.49. The van der Waals surface area contributed by atoms with Gasteiger partial charge in [0.25, 0.3) is 0 Å². The molecule has 2 saturated heterocycles. The number of ether oxygens (including phenoxy) is 1. The smallest absolute Gasteiger partial charge is 0.0817 e. The Morgan fingerprint density at radius 1 is 1.41 bits per heavy atom. The highest BCUT2D eigenvalue weighted by Crippen LogP contribution is 2.12. The zero-order valence-corrected chi connectivity index (χ0v) is 11.7. The van der Waals surface area contributed by atoms with E-state index in [1.165, 1.54) is 0 Å². The molecule has 0 bridgehead atoms. The van der Waals surface area contributed by atoms with Crippen molar-refractivity contribution in [2.75, 3.05) is 44.3 Å². The zero-order valence-electron chi connectivity index (χ0n) is 10.9. The molecule has 0 spiro atoms. The molecule has 2 aliphatic rings. The van der Waals surface area contributed by atoms with E-state index in [2.05, 4.69) is 24.1 Å². The van der Waals surface area contributed by atoms with Crippen LogP contribution in [-0.4, -0.2) is 65.5 Å². The van der Waals surface area contributed by atoms with Crippen LogP contribution >= 0.6 is 0 Å². The highest BCUT2D eigenvalue weighted by Gasteiger charge is 2.26. The highest BCUT2D eigenvalue weighted by molar-refractivity contribution is 7.85. The molecule has 0 amide bonds. The van der Waals surface area contributed by atoms with E-state index in [0.29, 0.717) is 17.7 Å². The minimum absolute atomic E-state index is 0.167. The number of rotatable bonds is 5. The molecule has 2 unspecified atom stereocenters. The average molecular weight is 260 g/mol. The van der Waals surface area contributed by atoms with Gasteiger partial charge in [-0.25, -0.2) is 0 Å². The molecule has 2 aliphatic heterocycles. The molecule has 0 radical (unpaired) electrons. The van der Waals surface area contributed by atoms with Crippen LogP contribution in [-0.2, 0) is 15.5 Å². The van der Waals surface area contributed by atoms with Gasteiger partial charge in [0.15, 0.2) is 0 Å². The molecule has 2 rings (SSSR count). The number of nitrogens with one attached hydrogen (secondary N) is 1. The third kappa shape index (κ3) is 4.02. The molecular formula is C12H24N2O2S. The van der Waals surface area contributed by atoms with Crippen LogP contribution in [0.3, 0.4) is 0 Å². The topological polar surface area (TPSA) is 41.6 Å². The van der Waals surface area contributed by atoms with Crippen molar-refractivity contribution in [2.45, 2.75) is 26.0 Å². The molecule has 100 valence electrons. The Bertz CT molecular complexity index is 269. The van der Waals surface area contributed by atoms with Crippen molar-refractivity contribution in [2.24, 2.45) is 5.92 Å². The molecule has 0 aromatic heterocycles. The number of hydrogen-bond acceptors (Lipinski definition) is 4. The predicted octanol–water partition coefficient (Wildman–Crippen LogP) is 0.0637. The second-order valence-electron chi connectivity index (χ2n) is 5.38. The summed E-state index contributed by atoms with van der Waals surface area (Å²) >= 11 is 0. The molecular weight excluding hydrogens is 236 g/mol. The first kappa shape index (κ1) is 13.5. The van der Waals surface area contributed by atoms with Crippen LogP contribution in [0.25, 0.3) is 0 Å². The van der Waals surface area contributed by atoms with Gasteiger partial charge in [-0.15, -0.1) is 0 Å². The summed E-state index contributed by atoms with van der Waals surface area (Å²) in [5, 5.41) is 3.22. The Hall–Kier alpha value is 0.0300. The Morgan fingerprint density at radius 3 is 2.76 bits per heavy atom. The number of nitrogens with zero attached hydrogens (tertiary/aromatic N) is 1. The normalized spacial score (nSPS) is 29.2. The van der Waals surface area contributed by atoms with E-state index in [1.54, 1.807) is 0 Å². The van der Waals surface area contributed by atoms with Gasteiger partial charge in [-0.2, -0.15) is 0 Å². The minimum atomic E-state index is -0.716. The van der Waals surface area contributed by atoms with E-state index in [0.717, 1.165) is 38.5 Å². The molecule has 17 heavy (non-hydrogen) atoms. The van der Waals surface area contributed by atoms with Crippen LogP contribution in [0.2, 0.25) is 0 Å². The lowest BCUT2D eigenvalue weighted by Gasteiger charge is -2.35. The fraction of sp³-hybridized carbons (Fsp3) is 1.00. The van der Waals surface area contributed by atoms with Gasteiger partial charge in [-0.3, -0.25) is 9.11 Å². The lowest BCUT2D eigenvalue weighted by atomic mass is 10.1. The molecule has 1 N–H and O–H groups in total. The SMILES string of the molecule is CC(C)N1CCOC(CS(=O)CC2CNC2)C1. The molecule has 0 saturated carbocycles. The largest absolute Gasteiger partial charge is 0.375 e. The van der Waals surface area contributed by atoms with Gasteiger partial charge in [0.05, 0.1) is 18.5 Å². The van der Waals surface area contributed by atoms with Gasteiger partial charge in [0, 0.05) is 48.8 Å². The van der Waals surface area contributed by atoms with Crippen LogP contribution in [0.4, 0.5) is 0 Å². The van der Waals surface area contributed by atoms with Crippen LogP contribution in [0.15, 0.2) is 0 Å². The first-order valence-electron chi connectivity index (χ1n) is 6.56. The maximum Gasteiger partial charge on any atom is 0.0817 e. The number of hydrogen-bond donors (Lipinski definition) is 1. The van der Waals surface area contributed by atoms with E-state index in [-0.39, 0.29) is 6.10 Å². The first-order valence-corrected chi connectivity index (χ1v) is 8.05. The maximum absolute atomic E-state index is 12.0. The fourth-order valence-corrected chi connectivity index (χ4v) is 3.83. The summed E-state index contributed by atoms with van der Waals surface area (Å²) in [6.07, 6.45) is 0.167. The monoisotopic (exact) mass is 260 g/mol. The van der Waals surface area contributed by atoms with Crippen molar-refractivity contribution < 1.29 is 8.95 Å². The van der Waals surface area contributed by atoms with Crippen LogP contribution in [0.5, 0.6) is 0 Å². The maximum atomic E-state index is 12.0. The summed E-state index contributed by atoms with van der Waals surface area (Å²) in [7, 11) is -0.716. The molecule has 4 nitrogen and oxygen atoms in total. The van der Waals surface area contributed by atoms with E-state index in [1.807, 2.05) is 0 Å². The van der Waals surface area contributed by atoms with Gasteiger partial charge < -0.3 is 10.1 Å². The van der Waals surface area contributed by atoms with Crippen molar-refractivity contribution in [1.82, 2.24) is 10.2 Å². The van der Waals surface area contributed by atoms with Gasteiger partial charge in [0.1, 0.15) is 0 Å². The van der Waals surface area contributed by atoms with Crippen molar-refractivity contribution in [3.05, 3.63) is 0 Å². The van der Waals surface area contributed by atoms with Crippen molar-refractivity contribution in [3.8, 4) is 0 Å². The molecule has 5 heteroatoms. The predicted molar refractivity (Wildman–Crippen MR) is 70.7 cm³/mol. The van der Waals surface area contributed by atoms with Crippen molar-refractivity contribution in [3.63, 3.8) is 0 Å². The molecule has 0 aromatic carbocycles. The van der Waals surface area contributed by atoms with E-state index >= 15 is 0 Å². The zero-order chi connectivity index (χ0) is 12.3. The summed E-state index contributed by atoms with van der Waals surface area (Å²) in [5.74, 6) is 2.18. The summed E-state index contributed by atoms with van der Waals surface area (Å²) < 4.78 is 17.7. The second-order valence-corrected chi connectivity index (χ2v) is 6.93. The standard InChI is InChI=1S/C12H24N2O2S/c1-10(2)14-3-4-16-12(7-14)9-17(15)8-11-5-13-6-11/h10-13H,3-9H2,1-2H3. The van der Waals surface area contributed by atoms with Gasteiger partial charge in [0.2, 0.25) is 0 Å². The molecule has 2 heterocycles. The van der Waals surface area contributed by atoms with Crippen LogP contribution < -0.4 is 5.32 Å². The van der Waals surface area contributed by atoms with Gasteiger partial charge >= 0.3 is 0 Å². The lowest BCUT2D eigenvalue weighted by molar-refractivity contribution is -0.0269. The highest BCUT2D eigenvalue weighted by atomic mass is 32.2. The van der Waals surface area contributed by atoms with E-state index in [4.69, 9.17) is 4.74 Å². The number of morpholine rings is 1. The Balaban J connectivity index is 1.71. The fourth-order valence-electron chi connectivity index (χ4n) is 2.32. The summed E-state index contributed by atoms with van der Waals surface area (Å²) in [6, 6.07) is 0.561. The Kier molecular flexibility index (Phi) is 4.97.